The van der Waals surface area contributed by atoms with Crippen LogP contribution in [0.5, 0.6) is 0 Å². The monoisotopic (exact) mass is 390 g/mol. The standard InChI is InChI=1S/C20H30N4O2S/c25-19(23-8-1-2-9-23)16-3-11-24(12-4-16)20(26)21-7-13-22-10-5-18-17(15-22)6-14-27-18/h6,14,16H,1-5,7-13,15H2,(H,21,26). The van der Waals surface area contributed by atoms with Gasteiger partial charge in [-0.05, 0) is 49.1 Å². The van der Waals surface area contributed by atoms with Gasteiger partial charge >= 0.3 is 6.03 Å². The summed E-state index contributed by atoms with van der Waals surface area (Å²) in [7, 11) is 0. The molecule has 3 aliphatic rings. The zero-order valence-corrected chi connectivity index (χ0v) is 16.8. The number of piperidine rings is 1. The topological polar surface area (TPSA) is 55.9 Å². The molecule has 0 unspecified atom stereocenters. The van der Waals surface area contributed by atoms with E-state index in [1.165, 1.54) is 10.4 Å². The lowest BCUT2D eigenvalue weighted by molar-refractivity contribution is -0.135. The van der Waals surface area contributed by atoms with Gasteiger partial charge in [-0.2, -0.15) is 0 Å². The predicted octanol–water partition coefficient (Wildman–Crippen LogP) is 2.15. The van der Waals surface area contributed by atoms with Gasteiger partial charge in [0, 0.05) is 63.2 Å². The number of carbonyl (C=O) groups excluding carboxylic acids is 2. The van der Waals surface area contributed by atoms with Crippen molar-refractivity contribution in [2.24, 2.45) is 5.92 Å². The molecule has 4 heterocycles. The van der Waals surface area contributed by atoms with Crippen molar-refractivity contribution in [3.63, 3.8) is 0 Å². The highest BCUT2D eigenvalue weighted by Gasteiger charge is 2.31. The van der Waals surface area contributed by atoms with Crippen LogP contribution in [0.3, 0.4) is 0 Å². The number of rotatable bonds is 4. The average molecular weight is 391 g/mol. The molecule has 2 fully saturated rings. The minimum Gasteiger partial charge on any atom is -0.342 e. The second kappa shape index (κ2) is 8.61. The number of carbonyl (C=O) groups is 2. The first-order chi connectivity index (χ1) is 13.2. The van der Waals surface area contributed by atoms with E-state index in [4.69, 9.17) is 0 Å². The molecule has 1 aromatic rings. The predicted molar refractivity (Wildman–Crippen MR) is 107 cm³/mol. The zero-order valence-electron chi connectivity index (χ0n) is 16.0. The Hall–Kier alpha value is -1.60. The fraction of sp³-hybridized carbons (Fsp3) is 0.700. The lowest BCUT2D eigenvalue weighted by Gasteiger charge is -2.33. The normalized spacial score (nSPS) is 21.3. The maximum absolute atomic E-state index is 12.5. The van der Waals surface area contributed by atoms with Crippen LogP contribution in [-0.2, 0) is 17.8 Å². The average Bonchev–Trinajstić information content (AvgIpc) is 3.39. The van der Waals surface area contributed by atoms with Crippen molar-refractivity contribution < 1.29 is 9.59 Å². The fourth-order valence-electron chi connectivity index (χ4n) is 4.46. The maximum atomic E-state index is 12.5. The molecule has 0 atom stereocenters. The highest BCUT2D eigenvalue weighted by Crippen LogP contribution is 2.24. The van der Waals surface area contributed by atoms with Gasteiger partial charge in [0.25, 0.3) is 0 Å². The number of thiophene rings is 1. The minimum absolute atomic E-state index is 0.0234. The molecule has 4 rings (SSSR count). The molecule has 3 amide bonds. The largest absolute Gasteiger partial charge is 0.342 e. The Morgan fingerprint density at radius 3 is 2.63 bits per heavy atom. The molecule has 0 bridgehead atoms. The van der Waals surface area contributed by atoms with E-state index < -0.39 is 0 Å². The van der Waals surface area contributed by atoms with Crippen LogP contribution < -0.4 is 5.32 Å². The number of amides is 3. The summed E-state index contributed by atoms with van der Waals surface area (Å²) < 4.78 is 0. The summed E-state index contributed by atoms with van der Waals surface area (Å²) in [5.74, 6) is 0.422. The van der Waals surface area contributed by atoms with Crippen LogP contribution in [-0.4, -0.2) is 72.5 Å². The Labute approximate surface area is 165 Å². The van der Waals surface area contributed by atoms with Gasteiger partial charge in [-0.3, -0.25) is 9.69 Å². The molecule has 7 heteroatoms. The van der Waals surface area contributed by atoms with E-state index >= 15 is 0 Å². The number of nitrogens with zero attached hydrogens (tertiary/aromatic N) is 3. The van der Waals surface area contributed by atoms with Gasteiger partial charge in [-0.1, -0.05) is 0 Å². The SMILES string of the molecule is O=C(NCCN1CCc2sccc2C1)N1CCC(C(=O)N2CCCC2)CC1. The Balaban J connectivity index is 1.15. The molecule has 0 aliphatic carbocycles. The number of hydrogen-bond donors (Lipinski definition) is 1. The Morgan fingerprint density at radius 1 is 1.07 bits per heavy atom. The first-order valence-corrected chi connectivity index (χ1v) is 11.2. The Kier molecular flexibility index (Phi) is 5.98. The second-order valence-corrected chi connectivity index (χ2v) is 8.92. The van der Waals surface area contributed by atoms with Gasteiger partial charge in [-0.15, -0.1) is 11.3 Å². The number of fused-ring (bicyclic) bond motifs is 1. The van der Waals surface area contributed by atoms with E-state index in [1.807, 2.05) is 21.1 Å². The lowest BCUT2D eigenvalue weighted by atomic mass is 9.95. The molecule has 0 saturated carbocycles. The van der Waals surface area contributed by atoms with Crippen molar-refractivity contribution in [3.05, 3.63) is 21.9 Å². The summed E-state index contributed by atoms with van der Waals surface area (Å²) >= 11 is 1.85. The summed E-state index contributed by atoms with van der Waals surface area (Å²) in [6.07, 6.45) is 5.00. The van der Waals surface area contributed by atoms with Crippen LogP contribution in [0.1, 0.15) is 36.1 Å². The van der Waals surface area contributed by atoms with Crippen LogP contribution in [0.15, 0.2) is 11.4 Å². The van der Waals surface area contributed by atoms with E-state index in [0.29, 0.717) is 25.5 Å². The van der Waals surface area contributed by atoms with Gasteiger partial charge in [0.05, 0.1) is 0 Å². The first kappa shape index (κ1) is 18.7. The Morgan fingerprint density at radius 2 is 1.85 bits per heavy atom. The fourth-order valence-corrected chi connectivity index (χ4v) is 5.35. The van der Waals surface area contributed by atoms with Crippen molar-refractivity contribution in [1.82, 2.24) is 20.0 Å². The van der Waals surface area contributed by atoms with Crippen LogP contribution in [0, 0.1) is 5.92 Å². The van der Waals surface area contributed by atoms with Crippen LogP contribution >= 0.6 is 11.3 Å². The van der Waals surface area contributed by atoms with Gasteiger partial charge < -0.3 is 15.1 Å². The van der Waals surface area contributed by atoms with Crippen molar-refractivity contribution in [1.29, 1.82) is 0 Å². The molecule has 148 valence electrons. The van der Waals surface area contributed by atoms with Crippen molar-refractivity contribution in [2.45, 2.75) is 38.6 Å². The van der Waals surface area contributed by atoms with Crippen LogP contribution in [0.4, 0.5) is 4.79 Å². The van der Waals surface area contributed by atoms with E-state index in [1.54, 1.807) is 0 Å². The number of hydrogen-bond acceptors (Lipinski definition) is 4. The summed E-state index contributed by atoms with van der Waals surface area (Å²) in [5, 5.41) is 5.24. The molecular formula is C20H30N4O2S. The van der Waals surface area contributed by atoms with Crippen LogP contribution in [0.2, 0.25) is 0 Å². The van der Waals surface area contributed by atoms with Gasteiger partial charge in [0.15, 0.2) is 0 Å². The van der Waals surface area contributed by atoms with E-state index in [2.05, 4.69) is 21.7 Å². The van der Waals surface area contributed by atoms with Gasteiger partial charge in [0.1, 0.15) is 0 Å². The number of nitrogens with one attached hydrogen (secondary N) is 1. The Bertz CT molecular complexity index is 663. The zero-order chi connectivity index (χ0) is 18.6. The van der Waals surface area contributed by atoms with Crippen molar-refractivity contribution >= 4 is 23.3 Å². The third kappa shape index (κ3) is 4.46. The van der Waals surface area contributed by atoms with Crippen LogP contribution in [0.25, 0.3) is 0 Å². The molecule has 1 aromatic heterocycles. The third-order valence-electron chi connectivity index (χ3n) is 6.14. The van der Waals surface area contributed by atoms with Gasteiger partial charge in [-0.25, -0.2) is 4.79 Å². The van der Waals surface area contributed by atoms with E-state index in [-0.39, 0.29) is 11.9 Å². The smallest absolute Gasteiger partial charge is 0.317 e. The molecule has 6 nitrogen and oxygen atoms in total. The molecule has 0 aromatic carbocycles. The first-order valence-electron chi connectivity index (χ1n) is 10.3. The lowest BCUT2D eigenvalue weighted by Crippen LogP contribution is -2.48. The quantitative estimate of drug-likeness (QED) is 0.857. The molecule has 0 spiro atoms. The minimum atomic E-state index is 0.0234. The van der Waals surface area contributed by atoms with Crippen molar-refractivity contribution in [3.8, 4) is 0 Å². The molecule has 2 saturated heterocycles. The number of likely N-dealkylation sites (tertiary alicyclic amines) is 2. The third-order valence-corrected chi connectivity index (χ3v) is 7.16. The summed E-state index contributed by atoms with van der Waals surface area (Å²) in [6.45, 7) is 6.88. The molecule has 27 heavy (non-hydrogen) atoms. The maximum Gasteiger partial charge on any atom is 0.317 e. The summed E-state index contributed by atoms with van der Waals surface area (Å²) in [6, 6.07) is 2.24. The van der Waals surface area contributed by atoms with E-state index in [9.17, 15) is 9.59 Å². The second-order valence-electron chi connectivity index (χ2n) is 7.92. The molecule has 1 N–H and O–H groups in total. The summed E-state index contributed by atoms with van der Waals surface area (Å²) in [4.78, 5) is 32.7. The highest BCUT2D eigenvalue weighted by atomic mass is 32.1. The van der Waals surface area contributed by atoms with Crippen molar-refractivity contribution in [2.75, 3.05) is 45.8 Å². The molecule has 3 aliphatic heterocycles. The molecule has 0 radical (unpaired) electrons. The number of urea groups is 1. The summed E-state index contributed by atoms with van der Waals surface area (Å²) in [5.41, 5.74) is 1.45. The van der Waals surface area contributed by atoms with E-state index in [0.717, 1.165) is 64.8 Å². The molecular weight excluding hydrogens is 360 g/mol. The van der Waals surface area contributed by atoms with Gasteiger partial charge in [0.2, 0.25) is 5.91 Å². The highest BCUT2D eigenvalue weighted by molar-refractivity contribution is 7.10.